The summed E-state index contributed by atoms with van der Waals surface area (Å²) in [6.07, 6.45) is 0. The third-order valence-electron chi connectivity index (χ3n) is 6.40. The van der Waals surface area contributed by atoms with Crippen LogP contribution in [-0.4, -0.2) is 43.7 Å². The number of anilines is 1. The molecule has 3 atom stereocenters. The van der Waals surface area contributed by atoms with Gasteiger partial charge in [-0.25, -0.2) is 12.8 Å². The van der Waals surface area contributed by atoms with E-state index in [9.17, 15) is 17.9 Å². The van der Waals surface area contributed by atoms with Crippen molar-refractivity contribution in [2.75, 3.05) is 17.5 Å². The molecule has 0 amide bonds. The zero-order valence-electron chi connectivity index (χ0n) is 16.8. The van der Waals surface area contributed by atoms with Gasteiger partial charge in [-0.05, 0) is 41.5 Å². The largest absolute Gasteiger partial charge is 0.395 e. The van der Waals surface area contributed by atoms with Crippen molar-refractivity contribution in [2.24, 2.45) is 0 Å². The quantitative estimate of drug-likeness (QED) is 0.664. The predicted molar refractivity (Wildman–Crippen MR) is 117 cm³/mol. The molecule has 3 aromatic rings. The lowest BCUT2D eigenvalue weighted by atomic mass is 9.72. The smallest absolute Gasteiger partial charge is 0.264 e. The average Bonchev–Trinajstić information content (AvgIpc) is 2.79. The molecule has 2 heterocycles. The summed E-state index contributed by atoms with van der Waals surface area (Å²) in [6.45, 7) is 0.798. The second kappa shape index (κ2) is 7.75. The molecular weight excluding hydrogens is 415 g/mol. The van der Waals surface area contributed by atoms with E-state index in [4.69, 9.17) is 0 Å². The van der Waals surface area contributed by atoms with Crippen LogP contribution in [0, 0.1) is 5.82 Å². The van der Waals surface area contributed by atoms with Gasteiger partial charge in [-0.2, -0.15) is 0 Å². The lowest BCUT2D eigenvalue weighted by Gasteiger charge is -2.59. The Bertz CT molecular complexity index is 1180. The number of likely N-dealkylation sites (tertiary alicyclic amines) is 1. The molecule has 0 unspecified atom stereocenters. The Balaban J connectivity index is 1.53. The fourth-order valence-electron chi connectivity index (χ4n) is 4.91. The van der Waals surface area contributed by atoms with Gasteiger partial charge in [-0.3, -0.25) is 9.21 Å². The number of hydrogen-bond acceptors (Lipinski definition) is 4. The normalized spacial score (nSPS) is 23.0. The summed E-state index contributed by atoms with van der Waals surface area (Å²) in [4.78, 5) is 2.38. The van der Waals surface area contributed by atoms with E-state index >= 15 is 0 Å². The molecule has 5 rings (SSSR count). The highest BCUT2D eigenvalue weighted by molar-refractivity contribution is 7.92. The molecule has 1 fully saturated rings. The molecule has 5 nitrogen and oxygen atoms in total. The highest BCUT2D eigenvalue weighted by atomic mass is 32.2. The van der Waals surface area contributed by atoms with Crippen LogP contribution in [0.5, 0.6) is 0 Å². The molecule has 1 N–H and O–H groups in total. The van der Waals surface area contributed by atoms with E-state index in [0.717, 1.165) is 11.1 Å². The van der Waals surface area contributed by atoms with Gasteiger partial charge in [0.15, 0.2) is 0 Å². The molecule has 0 saturated carbocycles. The van der Waals surface area contributed by atoms with E-state index in [2.05, 4.69) is 4.90 Å². The number of nitrogens with zero attached hydrogens (tertiary/aromatic N) is 2. The van der Waals surface area contributed by atoms with Crippen molar-refractivity contribution < 1.29 is 17.9 Å². The number of rotatable bonds is 5. The van der Waals surface area contributed by atoms with Crippen LogP contribution in [0.4, 0.5) is 10.1 Å². The maximum absolute atomic E-state index is 13.5. The topological polar surface area (TPSA) is 60.9 Å². The molecule has 0 bridgehead atoms. The number of aliphatic hydroxyl groups excluding tert-OH is 1. The van der Waals surface area contributed by atoms with Gasteiger partial charge < -0.3 is 5.11 Å². The SMILES string of the molecule is O=S(=O)(c1ccccc1)N1C[C@H]2[C@@H](c3ccccc31)[C@H](CO)N2Cc1ccc(F)cc1. The summed E-state index contributed by atoms with van der Waals surface area (Å²) in [5.74, 6) is -0.250. The van der Waals surface area contributed by atoms with Crippen molar-refractivity contribution in [1.82, 2.24) is 4.90 Å². The molecule has 2 aliphatic heterocycles. The Labute approximate surface area is 181 Å². The molecule has 0 aromatic heterocycles. The predicted octanol–water partition coefficient (Wildman–Crippen LogP) is 3.36. The van der Waals surface area contributed by atoms with E-state index in [-0.39, 0.29) is 35.3 Å². The minimum Gasteiger partial charge on any atom is -0.395 e. The van der Waals surface area contributed by atoms with Crippen LogP contribution in [0.2, 0.25) is 0 Å². The Morgan fingerprint density at radius 2 is 1.61 bits per heavy atom. The third kappa shape index (κ3) is 3.33. The summed E-state index contributed by atoms with van der Waals surface area (Å²) in [5, 5.41) is 10.1. The molecule has 3 aromatic carbocycles. The number of para-hydroxylation sites is 1. The van der Waals surface area contributed by atoms with Crippen LogP contribution < -0.4 is 4.31 Å². The molecule has 160 valence electrons. The van der Waals surface area contributed by atoms with Crippen LogP contribution >= 0.6 is 0 Å². The van der Waals surface area contributed by atoms with Gasteiger partial charge in [0.25, 0.3) is 10.0 Å². The third-order valence-corrected chi connectivity index (χ3v) is 8.19. The first-order valence-electron chi connectivity index (χ1n) is 10.3. The molecule has 2 aliphatic rings. The maximum Gasteiger partial charge on any atom is 0.264 e. The van der Waals surface area contributed by atoms with E-state index in [1.165, 1.54) is 16.4 Å². The minimum atomic E-state index is -3.73. The van der Waals surface area contributed by atoms with E-state index in [0.29, 0.717) is 18.8 Å². The van der Waals surface area contributed by atoms with Crippen LogP contribution in [0.25, 0.3) is 0 Å². The molecule has 0 spiro atoms. The van der Waals surface area contributed by atoms with Gasteiger partial charge in [0.05, 0.1) is 23.7 Å². The molecule has 31 heavy (non-hydrogen) atoms. The number of fused-ring (bicyclic) bond motifs is 3. The summed E-state index contributed by atoms with van der Waals surface area (Å²) in [7, 11) is -3.73. The molecule has 0 radical (unpaired) electrons. The van der Waals surface area contributed by atoms with Crippen molar-refractivity contribution in [3.8, 4) is 0 Å². The van der Waals surface area contributed by atoms with Crippen molar-refractivity contribution in [3.05, 3.63) is 95.8 Å². The van der Waals surface area contributed by atoms with E-state index < -0.39 is 10.0 Å². The maximum atomic E-state index is 13.5. The molecule has 0 aliphatic carbocycles. The first-order chi connectivity index (χ1) is 15.0. The van der Waals surface area contributed by atoms with Crippen molar-refractivity contribution in [3.63, 3.8) is 0 Å². The van der Waals surface area contributed by atoms with Crippen LogP contribution in [0.1, 0.15) is 17.0 Å². The standard InChI is InChI=1S/C24H23FN2O3S/c25-18-12-10-17(11-13-18)14-26-22-15-27(31(29,30)19-6-2-1-3-7-19)21-9-5-4-8-20(21)24(22)23(26)16-28/h1-13,22-24,28H,14-16H2/t22-,23-,24+/m0/s1. The van der Waals surface area contributed by atoms with E-state index in [1.807, 2.05) is 24.3 Å². The summed E-state index contributed by atoms with van der Waals surface area (Å²) in [6, 6.07) is 22.1. The van der Waals surface area contributed by atoms with Gasteiger partial charge in [-0.15, -0.1) is 0 Å². The highest BCUT2D eigenvalue weighted by Gasteiger charge is 2.53. The second-order valence-corrected chi connectivity index (χ2v) is 9.91. The number of aliphatic hydroxyl groups is 1. The minimum absolute atomic E-state index is 0.0257. The van der Waals surface area contributed by atoms with E-state index in [1.54, 1.807) is 42.5 Å². The Kier molecular flexibility index (Phi) is 5.04. The van der Waals surface area contributed by atoms with Crippen LogP contribution in [-0.2, 0) is 16.6 Å². The van der Waals surface area contributed by atoms with Crippen LogP contribution in [0.3, 0.4) is 0 Å². The molecular formula is C24H23FN2O3S. The van der Waals surface area contributed by atoms with Gasteiger partial charge >= 0.3 is 0 Å². The fourth-order valence-corrected chi connectivity index (χ4v) is 6.44. The summed E-state index contributed by atoms with van der Waals surface area (Å²) < 4.78 is 41.8. The second-order valence-electron chi connectivity index (χ2n) is 8.05. The van der Waals surface area contributed by atoms with Crippen molar-refractivity contribution in [2.45, 2.75) is 29.4 Å². The molecule has 1 saturated heterocycles. The number of sulfonamides is 1. The first kappa shape index (κ1) is 20.2. The monoisotopic (exact) mass is 438 g/mol. The number of hydrogen-bond donors (Lipinski definition) is 1. The van der Waals surface area contributed by atoms with Gasteiger partial charge in [0.1, 0.15) is 5.82 Å². The average molecular weight is 439 g/mol. The number of benzene rings is 3. The van der Waals surface area contributed by atoms with Crippen molar-refractivity contribution >= 4 is 15.7 Å². The zero-order chi connectivity index (χ0) is 21.6. The fraction of sp³-hybridized carbons (Fsp3) is 0.250. The van der Waals surface area contributed by atoms with Gasteiger partial charge in [-0.1, -0.05) is 48.5 Å². The Morgan fingerprint density at radius 1 is 0.935 bits per heavy atom. The molecule has 7 heteroatoms. The summed E-state index contributed by atoms with van der Waals surface area (Å²) in [5.41, 5.74) is 2.54. The van der Waals surface area contributed by atoms with Gasteiger partial charge in [0, 0.05) is 24.5 Å². The highest BCUT2D eigenvalue weighted by Crippen LogP contribution is 2.49. The lowest BCUT2D eigenvalue weighted by molar-refractivity contribution is -0.0477. The Morgan fingerprint density at radius 3 is 2.32 bits per heavy atom. The van der Waals surface area contributed by atoms with Crippen LogP contribution in [0.15, 0.2) is 83.8 Å². The lowest BCUT2D eigenvalue weighted by Crippen LogP contribution is -2.68. The number of halogens is 1. The zero-order valence-corrected chi connectivity index (χ0v) is 17.6. The Hall–Kier alpha value is -2.74. The van der Waals surface area contributed by atoms with Crippen molar-refractivity contribution in [1.29, 1.82) is 0 Å². The van der Waals surface area contributed by atoms with Gasteiger partial charge in [0.2, 0.25) is 0 Å². The first-order valence-corrected chi connectivity index (χ1v) is 11.7. The summed E-state index contributed by atoms with van der Waals surface area (Å²) >= 11 is 0.